The van der Waals surface area contributed by atoms with Crippen molar-refractivity contribution >= 4 is 22.3 Å². The molecule has 0 radical (unpaired) electrons. The van der Waals surface area contributed by atoms with Crippen LogP contribution in [0.1, 0.15) is 25.7 Å². The van der Waals surface area contributed by atoms with Crippen LogP contribution in [0.15, 0.2) is 30.5 Å². The number of para-hydroxylation sites is 1. The van der Waals surface area contributed by atoms with E-state index in [1.807, 2.05) is 12.1 Å². The molecule has 1 aromatic carbocycles. The van der Waals surface area contributed by atoms with Crippen LogP contribution < -0.4 is 5.32 Å². The molecule has 8 nitrogen and oxygen atoms in total. The third kappa shape index (κ3) is 3.11. The van der Waals surface area contributed by atoms with Gasteiger partial charge < -0.3 is 19.9 Å². The topological polar surface area (TPSA) is 107 Å². The number of benzene rings is 1. The first-order chi connectivity index (χ1) is 12.5. The maximum absolute atomic E-state index is 11.4. The summed E-state index contributed by atoms with van der Waals surface area (Å²) in [7, 11) is 0. The van der Waals surface area contributed by atoms with Gasteiger partial charge in [-0.1, -0.05) is 18.2 Å². The number of hydrogen-bond acceptors (Lipinski definition) is 7. The Bertz CT molecular complexity index is 825. The summed E-state index contributed by atoms with van der Waals surface area (Å²) in [5, 5.41) is 26.1. The maximum atomic E-state index is 11.4. The Morgan fingerprint density at radius 1 is 1.19 bits per heavy atom. The average Bonchev–Trinajstić information content (AvgIpc) is 3.11. The highest BCUT2D eigenvalue weighted by molar-refractivity contribution is 5.95. The SMILES string of the molecule is O=[N+]([O-])c1cnc2ccccc2c1NCC1(O)CCC2(CC1)OCCO2. The van der Waals surface area contributed by atoms with Gasteiger partial charge in [0.1, 0.15) is 11.9 Å². The van der Waals surface area contributed by atoms with Crippen LogP contribution in [0.3, 0.4) is 0 Å². The van der Waals surface area contributed by atoms with Crippen molar-refractivity contribution in [1.29, 1.82) is 0 Å². The van der Waals surface area contributed by atoms with Crippen molar-refractivity contribution in [1.82, 2.24) is 4.98 Å². The van der Waals surface area contributed by atoms with Crippen LogP contribution >= 0.6 is 0 Å². The third-order valence-electron chi connectivity index (χ3n) is 5.30. The second kappa shape index (κ2) is 6.46. The summed E-state index contributed by atoms with van der Waals surface area (Å²) >= 11 is 0. The molecular weight excluding hydrogens is 338 g/mol. The van der Waals surface area contributed by atoms with Crippen LogP contribution in [0, 0.1) is 10.1 Å². The van der Waals surface area contributed by atoms with Crippen molar-refractivity contribution in [3.63, 3.8) is 0 Å². The second-order valence-corrected chi connectivity index (χ2v) is 6.98. The standard InChI is InChI=1S/C18H21N3O5/c22-17(5-7-18(8-6-17)25-9-10-26-18)12-20-16-13-3-1-2-4-14(13)19-11-15(16)21(23)24/h1-4,11,22H,5-10,12H2,(H,19,20). The Hall–Kier alpha value is -2.29. The molecule has 0 amide bonds. The van der Waals surface area contributed by atoms with Crippen molar-refractivity contribution in [2.75, 3.05) is 25.1 Å². The molecule has 1 aromatic heterocycles. The molecule has 1 aliphatic carbocycles. The molecule has 0 unspecified atom stereocenters. The van der Waals surface area contributed by atoms with E-state index >= 15 is 0 Å². The van der Waals surface area contributed by atoms with Crippen molar-refractivity contribution in [2.45, 2.75) is 37.1 Å². The lowest BCUT2D eigenvalue weighted by Crippen LogP contribution is -2.47. The molecule has 1 saturated heterocycles. The van der Waals surface area contributed by atoms with Crippen molar-refractivity contribution < 1.29 is 19.5 Å². The fourth-order valence-electron chi connectivity index (χ4n) is 3.77. The van der Waals surface area contributed by atoms with Crippen LogP contribution in [-0.2, 0) is 9.47 Å². The Kier molecular flexibility index (Phi) is 4.26. The first-order valence-electron chi connectivity index (χ1n) is 8.77. The second-order valence-electron chi connectivity index (χ2n) is 6.98. The predicted octanol–water partition coefficient (Wildman–Crippen LogP) is 2.60. The molecular formula is C18H21N3O5. The molecule has 26 heavy (non-hydrogen) atoms. The fraction of sp³-hybridized carbons (Fsp3) is 0.500. The van der Waals surface area contributed by atoms with Gasteiger partial charge in [0.2, 0.25) is 0 Å². The number of aliphatic hydroxyl groups is 1. The first-order valence-corrected chi connectivity index (χ1v) is 8.77. The number of anilines is 1. The summed E-state index contributed by atoms with van der Waals surface area (Å²) in [6, 6.07) is 7.24. The van der Waals surface area contributed by atoms with Crippen LogP contribution in [0.25, 0.3) is 10.9 Å². The Morgan fingerprint density at radius 2 is 1.88 bits per heavy atom. The molecule has 8 heteroatoms. The van der Waals surface area contributed by atoms with Gasteiger partial charge in [-0.2, -0.15) is 0 Å². The largest absolute Gasteiger partial charge is 0.388 e. The van der Waals surface area contributed by atoms with E-state index < -0.39 is 16.3 Å². The van der Waals surface area contributed by atoms with Gasteiger partial charge >= 0.3 is 5.69 Å². The first kappa shape index (κ1) is 17.1. The van der Waals surface area contributed by atoms with E-state index in [-0.39, 0.29) is 12.2 Å². The van der Waals surface area contributed by atoms with Gasteiger partial charge in [-0.15, -0.1) is 0 Å². The molecule has 1 spiro atoms. The molecule has 0 bridgehead atoms. The predicted molar refractivity (Wildman–Crippen MR) is 94.9 cm³/mol. The molecule has 2 aliphatic rings. The van der Waals surface area contributed by atoms with Crippen LogP contribution in [0.2, 0.25) is 0 Å². The number of aromatic nitrogens is 1. The fourth-order valence-corrected chi connectivity index (χ4v) is 3.77. The summed E-state index contributed by atoms with van der Waals surface area (Å²) in [5.74, 6) is -0.554. The number of nitrogens with one attached hydrogen (secondary N) is 1. The molecule has 2 fully saturated rings. The molecule has 1 saturated carbocycles. The van der Waals surface area contributed by atoms with Gasteiger partial charge in [-0.25, -0.2) is 4.98 Å². The van der Waals surface area contributed by atoms with Gasteiger partial charge in [-0.05, 0) is 18.9 Å². The van der Waals surface area contributed by atoms with E-state index in [2.05, 4.69) is 10.3 Å². The molecule has 2 aromatic rings. The summed E-state index contributed by atoms with van der Waals surface area (Å²) in [6.45, 7) is 1.40. The number of nitro groups is 1. The van der Waals surface area contributed by atoms with Gasteiger partial charge in [0.15, 0.2) is 5.79 Å². The van der Waals surface area contributed by atoms with E-state index in [9.17, 15) is 15.2 Å². The highest BCUT2D eigenvalue weighted by Gasteiger charge is 2.45. The Balaban J connectivity index is 1.54. The van der Waals surface area contributed by atoms with Crippen molar-refractivity contribution in [3.05, 3.63) is 40.6 Å². The highest BCUT2D eigenvalue weighted by atomic mass is 16.7. The highest BCUT2D eigenvalue weighted by Crippen LogP contribution is 2.41. The van der Waals surface area contributed by atoms with E-state index in [1.54, 1.807) is 12.1 Å². The normalized spacial score (nSPS) is 21.1. The molecule has 2 heterocycles. The summed E-state index contributed by atoms with van der Waals surface area (Å²) < 4.78 is 11.4. The minimum absolute atomic E-state index is 0.0953. The number of rotatable bonds is 4. The summed E-state index contributed by atoms with van der Waals surface area (Å²) in [6.07, 6.45) is 3.51. The summed E-state index contributed by atoms with van der Waals surface area (Å²) in [5.41, 5.74) is 0.00590. The van der Waals surface area contributed by atoms with Crippen molar-refractivity contribution in [2.24, 2.45) is 0 Å². The zero-order valence-corrected chi connectivity index (χ0v) is 14.3. The maximum Gasteiger partial charge on any atom is 0.311 e. The number of hydrogen-bond donors (Lipinski definition) is 2. The number of pyridine rings is 1. The minimum atomic E-state index is -0.960. The molecule has 4 rings (SSSR count). The average molecular weight is 359 g/mol. The summed E-state index contributed by atoms with van der Waals surface area (Å²) in [4.78, 5) is 15.1. The quantitative estimate of drug-likeness (QED) is 0.638. The van der Waals surface area contributed by atoms with Gasteiger partial charge in [0.25, 0.3) is 0 Å². The van der Waals surface area contributed by atoms with Crippen LogP contribution in [0.5, 0.6) is 0 Å². The Morgan fingerprint density at radius 3 is 2.58 bits per heavy atom. The van der Waals surface area contributed by atoms with Crippen LogP contribution in [0.4, 0.5) is 11.4 Å². The van der Waals surface area contributed by atoms with E-state index in [1.165, 1.54) is 6.20 Å². The molecule has 138 valence electrons. The van der Waals surface area contributed by atoms with Crippen molar-refractivity contribution in [3.8, 4) is 0 Å². The van der Waals surface area contributed by atoms with Gasteiger partial charge in [0.05, 0.1) is 29.3 Å². The lowest BCUT2D eigenvalue weighted by molar-refractivity contribution is -0.384. The number of ether oxygens (including phenoxy) is 2. The molecule has 0 atom stereocenters. The number of fused-ring (bicyclic) bond motifs is 1. The lowest BCUT2D eigenvalue weighted by Gasteiger charge is -2.40. The third-order valence-corrected chi connectivity index (χ3v) is 5.30. The van der Waals surface area contributed by atoms with Gasteiger partial charge in [-0.3, -0.25) is 10.1 Å². The van der Waals surface area contributed by atoms with Crippen LogP contribution in [-0.4, -0.2) is 46.2 Å². The van der Waals surface area contributed by atoms with E-state index in [0.29, 0.717) is 55.5 Å². The zero-order valence-electron chi connectivity index (χ0n) is 14.3. The smallest absolute Gasteiger partial charge is 0.311 e. The Labute approximate surface area is 150 Å². The van der Waals surface area contributed by atoms with E-state index in [4.69, 9.17) is 9.47 Å². The van der Waals surface area contributed by atoms with Gasteiger partial charge in [0, 0.05) is 24.8 Å². The monoisotopic (exact) mass is 359 g/mol. The zero-order chi connectivity index (χ0) is 18.2. The molecule has 2 N–H and O–H groups in total. The lowest BCUT2D eigenvalue weighted by atomic mass is 9.81. The minimum Gasteiger partial charge on any atom is -0.388 e. The molecule has 1 aliphatic heterocycles. The van der Waals surface area contributed by atoms with E-state index in [0.717, 1.165) is 0 Å². The number of nitrogens with zero attached hydrogens (tertiary/aromatic N) is 2.